The molecule has 0 saturated carbocycles. The largest absolute Gasteiger partial charge is 0 e. The summed E-state index contributed by atoms with van der Waals surface area (Å²) >= 11 is -1.98. The standard InChI is InChI=1S/C20H18GeNO.Ir/c1-21(2,3)17-11-7-10-15-16-13-22-18(12-19(16)23-20(15)17)14-8-5-4-6-9-14;/h4-8,10-13H,1-3H3;/q-1;. The summed E-state index contributed by atoms with van der Waals surface area (Å²) in [5, 5.41) is 2.27. The molecule has 0 amide bonds. The van der Waals surface area contributed by atoms with Gasteiger partial charge in [0.2, 0.25) is 0 Å². The van der Waals surface area contributed by atoms with Gasteiger partial charge < -0.3 is 0 Å². The first kappa shape index (κ1) is 17.4. The molecule has 0 aliphatic carbocycles. The van der Waals surface area contributed by atoms with Gasteiger partial charge in [-0.3, -0.25) is 0 Å². The van der Waals surface area contributed by atoms with E-state index in [1.807, 2.05) is 36.5 Å². The number of aromatic nitrogens is 1. The Morgan fingerprint density at radius 2 is 1.83 bits per heavy atom. The van der Waals surface area contributed by atoms with Crippen molar-refractivity contribution in [3.05, 3.63) is 60.8 Å². The maximum atomic E-state index is 6.27. The van der Waals surface area contributed by atoms with Crippen LogP contribution in [0, 0.1) is 6.07 Å². The van der Waals surface area contributed by atoms with Crippen LogP contribution >= 0.6 is 0 Å². The van der Waals surface area contributed by atoms with Gasteiger partial charge in [0.15, 0.2) is 0 Å². The minimum absolute atomic E-state index is 0. The van der Waals surface area contributed by atoms with Gasteiger partial charge in [-0.1, -0.05) is 0 Å². The summed E-state index contributed by atoms with van der Waals surface area (Å²) in [6.07, 6.45) is 1.93. The number of pyridine rings is 1. The number of hydrogen-bond donors (Lipinski definition) is 0. The molecule has 2 aromatic carbocycles. The Balaban J connectivity index is 0.00000169. The summed E-state index contributed by atoms with van der Waals surface area (Å²) in [7, 11) is 0. The number of benzene rings is 2. The van der Waals surface area contributed by atoms with Crippen LogP contribution in [-0.4, -0.2) is 18.3 Å². The van der Waals surface area contributed by atoms with E-state index in [1.165, 1.54) is 9.78 Å². The number of hydrogen-bond acceptors (Lipinski definition) is 2. The zero-order chi connectivity index (χ0) is 16.0. The van der Waals surface area contributed by atoms with Crippen LogP contribution in [0.2, 0.25) is 17.3 Å². The molecule has 2 aromatic heterocycles. The fourth-order valence-corrected chi connectivity index (χ4v) is 6.05. The first-order valence-corrected chi connectivity index (χ1v) is 15.2. The minimum atomic E-state index is -1.98. The van der Waals surface area contributed by atoms with E-state index < -0.39 is 13.3 Å². The van der Waals surface area contributed by atoms with Crippen LogP contribution in [0.25, 0.3) is 33.2 Å². The molecule has 0 N–H and O–H groups in total. The second-order valence-corrected chi connectivity index (χ2v) is 17.4. The summed E-state index contributed by atoms with van der Waals surface area (Å²) in [6.45, 7) is 0. The third kappa shape index (κ3) is 2.97. The molecule has 0 saturated heterocycles. The van der Waals surface area contributed by atoms with E-state index in [4.69, 9.17) is 4.42 Å². The van der Waals surface area contributed by atoms with Crippen LogP contribution < -0.4 is 4.40 Å². The number of furan rings is 1. The Bertz CT molecular complexity index is 1000. The monoisotopic (exact) mass is 555 g/mol. The van der Waals surface area contributed by atoms with E-state index >= 15 is 0 Å². The Kier molecular flexibility index (Phi) is 4.69. The van der Waals surface area contributed by atoms with Crippen molar-refractivity contribution in [1.29, 1.82) is 0 Å². The summed E-state index contributed by atoms with van der Waals surface area (Å²) < 4.78 is 7.67. The van der Waals surface area contributed by atoms with Crippen molar-refractivity contribution in [3.63, 3.8) is 0 Å². The van der Waals surface area contributed by atoms with Crippen molar-refractivity contribution < 1.29 is 24.5 Å². The van der Waals surface area contributed by atoms with Crippen LogP contribution in [0.1, 0.15) is 0 Å². The van der Waals surface area contributed by atoms with Gasteiger partial charge in [-0.2, -0.15) is 0 Å². The molecule has 123 valence electrons. The summed E-state index contributed by atoms with van der Waals surface area (Å²) in [6, 6.07) is 19.6. The van der Waals surface area contributed by atoms with Crippen LogP contribution in [0.4, 0.5) is 0 Å². The van der Waals surface area contributed by atoms with Crippen molar-refractivity contribution in [2.45, 2.75) is 17.3 Å². The molecule has 4 rings (SSSR count). The van der Waals surface area contributed by atoms with E-state index in [9.17, 15) is 0 Å². The van der Waals surface area contributed by atoms with Crippen LogP contribution in [-0.2, 0) is 20.1 Å². The number of nitrogens with zero attached hydrogens (tertiary/aromatic N) is 1. The third-order valence-corrected chi connectivity index (χ3v) is 8.39. The zero-order valence-electron chi connectivity index (χ0n) is 13.9. The molecule has 24 heavy (non-hydrogen) atoms. The molecule has 0 fully saturated rings. The molecule has 0 aliphatic rings. The van der Waals surface area contributed by atoms with Crippen molar-refractivity contribution in [2.75, 3.05) is 0 Å². The first-order valence-electron chi connectivity index (χ1n) is 7.83. The summed E-state index contributed by atoms with van der Waals surface area (Å²) in [5.74, 6) is 7.18. The number of fused-ring (bicyclic) bond motifs is 3. The predicted octanol–water partition coefficient (Wildman–Crippen LogP) is 4.99. The van der Waals surface area contributed by atoms with Gasteiger partial charge in [0.1, 0.15) is 0 Å². The molecular formula is C20H18GeIrNO-. The van der Waals surface area contributed by atoms with Crippen LogP contribution in [0.3, 0.4) is 0 Å². The average Bonchev–Trinajstić information content (AvgIpc) is 2.92. The normalized spacial score (nSPS) is 11.6. The molecule has 4 heteroatoms. The van der Waals surface area contributed by atoms with Crippen LogP contribution in [0.15, 0.2) is 59.1 Å². The molecule has 2 heterocycles. The smallest absolute Gasteiger partial charge is 0 e. The van der Waals surface area contributed by atoms with Crippen molar-refractivity contribution in [1.82, 2.24) is 4.98 Å². The quantitative estimate of drug-likeness (QED) is 0.259. The van der Waals surface area contributed by atoms with E-state index in [-0.39, 0.29) is 20.1 Å². The fraction of sp³-hybridized carbons (Fsp3) is 0.150. The van der Waals surface area contributed by atoms with Crippen molar-refractivity contribution in [3.8, 4) is 11.3 Å². The molecule has 0 unspecified atom stereocenters. The second kappa shape index (κ2) is 6.47. The zero-order valence-corrected chi connectivity index (χ0v) is 18.4. The molecule has 0 aliphatic heterocycles. The fourth-order valence-electron chi connectivity index (χ4n) is 2.98. The van der Waals surface area contributed by atoms with Crippen molar-refractivity contribution >= 4 is 39.6 Å². The maximum Gasteiger partial charge on any atom is 0 e. The Morgan fingerprint density at radius 1 is 1.00 bits per heavy atom. The summed E-state index contributed by atoms with van der Waals surface area (Å²) in [4.78, 5) is 4.62. The topological polar surface area (TPSA) is 26.0 Å². The Morgan fingerprint density at radius 3 is 2.54 bits per heavy atom. The van der Waals surface area contributed by atoms with E-state index in [1.54, 1.807) is 0 Å². The first-order chi connectivity index (χ1) is 11.0. The van der Waals surface area contributed by atoms with Crippen LogP contribution in [0.5, 0.6) is 0 Å². The molecular weight excluding hydrogens is 535 g/mol. The van der Waals surface area contributed by atoms with Gasteiger partial charge in [-0.25, -0.2) is 0 Å². The minimum Gasteiger partial charge on any atom is 0 e. The van der Waals surface area contributed by atoms with Gasteiger partial charge in [0.25, 0.3) is 0 Å². The molecule has 0 atom stereocenters. The molecule has 4 aromatic rings. The number of para-hydroxylation sites is 1. The third-order valence-electron chi connectivity index (χ3n) is 4.18. The van der Waals surface area contributed by atoms with Gasteiger partial charge in [-0.05, 0) is 0 Å². The average molecular weight is 553 g/mol. The van der Waals surface area contributed by atoms with Gasteiger partial charge in [-0.15, -0.1) is 0 Å². The van der Waals surface area contributed by atoms with E-state index in [2.05, 4.69) is 46.5 Å². The SMILES string of the molecule is [CH3][Ge]([CH3])([CH3])[c]1cccc2c1oc1cc(-c3[c-]cccc3)ncc12.[Ir]. The molecule has 2 nitrogen and oxygen atoms in total. The Labute approximate surface area is 158 Å². The van der Waals surface area contributed by atoms with Gasteiger partial charge in [0.05, 0.1) is 0 Å². The molecule has 1 radical (unpaired) electrons. The number of rotatable bonds is 2. The van der Waals surface area contributed by atoms with E-state index in [0.717, 1.165) is 27.8 Å². The van der Waals surface area contributed by atoms with Gasteiger partial charge >= 0.3 is 138 Å². The maximum absolute atomic E-state index is 6.27. The van der Waals surface area contributed by atoms with E-state index in [0.29, 0.717) is 0 Å². The molecule has 0 spiro atoms. The van der Waals surface area contributed by atoms with Gasteiger partial charge in [0, 0.05) is 20.1 Å². The van der Waals surface area contributed by atoms with Crippen molar-refractivity contribution in [2.24, 2.45) is 0 Å². The predicted molar refractivity (Wildman–Crippen MR) is 98.8 cm³/mol. The Hall–Kier alpha value is -1.42. The second-order valence-electron chi connectivity index (χ2n) is 6.88. The molecule has 0 bridgehead atoms. The summed E-state index contributed by atoms with van der Waals surface area (Å²) in [5.41, 5.74) is 3.84.